The lowest BCUT2D eigenvalue weighted by Gasteiger charge is -2.46. The molecule has 270 valence electrons. The first-order valence-corrected chi connectivity index (χ1v) is 17.5. The van der Waals surface area contributed by atoms with Gasteiger partial charge in [-0.25, -0.2) is 0 Å². The molecule has 0 radical (unpaired) electrons. The van der Waals surface area contributed by atoms with E-state index in [1.165, 1.54) is 7.11 Å². The molecule has 0 aromatic heterocycles. The van der Waals surface area contributed by atoms with Gasteiger partial charge in [-0.05, 0) is 80.2 Å². The Morgan fingerprint density at radius 1 is 0.915 bits per heavy atom. The number of hydrogen-bond acceptors (Lipinski definition) is 11. The van der Waals surface area contributed by atoms with Crippen molar-refractivity contribution in [3.63, 3.8) is 0 Å². The highest BCUT2D eigenvalue weighted by atomic mass is 16.7. The molecule has 47 heavy (non-hydrogen) atoms. The van der Waals surface area contributed by atoms with Gasteiger partial charge >= 0.3 is 5.97 Å². The van der Waals surface area contributed by atoms with E-state index in [-0.39, 0.29) is 18.0 Å². The van der Waals surface area contributed by atoms with E-state index in [0.29, 0.717) is 44.3 Å². The molecule has 11 heteroatoms. The summed E-state index contributed by atoms with van der Waals surface area (Å²) >= 11 is 0. The number of Topliss-reactive ketones (excluding diaryl/α,β-unsaturated/α-hetero) is 1. The number of methoxy groups -OCH3 is 2. The fraction of sp³-hybridized carbons (Fsp3) is 0.889. The second-order valence-corrected chi connectivity index (χ2v) is 15.2. The summed E-state index contributed by atoms with van der Waals surface area (Å²) in [5.74, 6) is -2.22. The lowest BCUT2D eigenvalue weighted by Crippen LogP contribution is -2.56. The van der Waals surface area contributed by atoms with Gasteiger partial charge in [-0.15, -0.1) is 0 Å². The Labute approximate surface area is 281 Å². The van der Waals surface area contributed by atoms with Crippen LogP contribution < -0.4 is 0 Å². The smallest absolute Gasteiger partial charge is 0.311 e. The van der Waals surface area contributed by atoms with Crippen molar-refractivity contribution in [3.8, 4) is 0 Å². The number of ketones is 1. The molecule has 14 atom stereocenters. The Kier molecular flexibility index (Phi) is 12.0. The third-order valence-electron chi connectivity index (χ3n) is 11.1. The number of carbonyl (C=O) groups is 2. The summed E-state index contributed by atoms with van der Waals surface area (Å²) in [6.45, 7) is 19.0. The SMILES string of the molecule is CC[C@H]1OC(=O)[C@H](C)[C@@H](O[C@H]2C[C@@](C)(OC)C[C@H](C)O2)[C@H](C)[C@@H](O[C@@H]2O[C@H](C)CC[C@H]2O)[C@@]2(C)CC(C)=C(O2)[C@H](C)C(=O)[C@]1(C)OC. The van der Waals surface area contributed by atoms with Crippen LogP contribution in [-0.2, 0) is 47.5 Å². The average Bonchev–Trinajstić information content (AvgIpc) is 3.34. The second kappa shape index (κ2) is 14.7. The summed E-state index contributed by atoms with van der Waals surface area (Å²) in [4.78, 5) is 28.3. The minimum atomic E-state index is -1.43. The zero-order valence-corrected chi connectivity index (χ0v) is 30.6. The van der Waals surface area contributed by atoms with Crippen LogP contribution in [0, 0.1) is 17.8 Å². The quantitative estimate of drug-likeness (QED) is 0.358. The number of carbonyl (C=O) groups excluding carboxylic acids is 2. The molecular formula is C36H60O11. The lowest BCUT2D eigenvalue weighted by molar-refractivity contribution is -0.302. The van der Waals surface area contributed by atoms with Crippen molar-refractivity contribution < 1.29 is 52.6 Å². The van der Waals surface area contributed by atoms with Gasteiger partial charge in [0.25, 0.3) is 0 Å². The number of aliphatic hydroxyl groups excluding tert-OH is 1. The molecule has 0 aliphatic carbocycles. The molecule has 0 aromatic carbocycles. The van der Waals surface area contributed by atoms with Crippen LogP contribution in [-0.4, -0.2) is 97.1 Å². The summed E-state index contributed by atoms with van der Waals surface area (Å²) < 4.78 is 50.7. The van der Waals surface area contributed by atoms with Gasteiger partial charge in [0, 0.05) is 39.4 Å². The van der Waals surface area contributed by atoms with Gasteiger partial charge in [0.1, 0.15) is 29.7 Å². The van der Waals surface area contributed by atoms with Crippen LogP contribution in [0.5, 0.6) is 0 Å². The summed E-state index contributed by atoms with van der Waals surface area (Å²) in [7, 11) is 3.15. The van der Waals surface area contributed by atoms with Crippen molar-refractivity contribution in [3.05, 3.63) is 11.3 Å². The molecular weight excluding hydrogens is 608 g/mol. The number of ether oxygens (including phenoxy) is 8. The van der Waals surface area contributed by atoms with E-state index in [4.69, 9.17) is 37.9 Å². The minimum absolute atomic E-state index is 0.110. The third kappa shape index (κ3) is 7.76. The first-order valence-electron chi connectivity index (χ1n) is 17.5. The number of allylic oxidation sites excluding steroid dienone is 1. The van der Waals surface area contributed by atoms with Crippen LogP contribution in [0.1, 0.15) is 108 Å². The highest BCUT2D eigenvalue weighted by Crippen LogP contribution is 2.47. The van der Waals surface area contributed by atoms with Gasteiger partial charge in [-0.2, -0.15) is 0 Å². The van der Waals surface area contributed by atoms with Crippen molar-refractivity contribution >= 4 is 11.8 Å². The van der Waals surface area contributed by atoms with E-state index in [1.807, 2.05) is 48.5 Å². The summed E-state index contributed by atoms with van der Waals surface area (Å²) in [6.07, 6.45) is -1.88. The molecule has 0 aromatic rings. The number of esters is 1. The summed E-state index contributed by atoms with van der Waals surface area (Å²) in [6, 6.07) is 0. The Morgan fingerprint density at radius 3 is 2.21 bits per heavy atom. The van der Waals surface area contributed by atoms with Crippen molar-refractivity contribution in [2.75, 3.05) is 14.2 Å². The molecule has 0 saturated carbocycles. The molecule has 0 spiro atoms. The summed E-state index contributed by atoms with van der Waals surface area (Å²) in [5.41, 5.74) is -1.99. The van der Waals surface area contributed by atoms with Crippen LogP contribution >= 0.6 is 0 Å². The zero-order valence-electron chi connectivity index (χ0n) is 30.6. The van der Waals surface area contributed by atoms with Crippen LogP contribution in [0.2, 0.25) is 0 Å². The molecule has 4 aliphatic heterocycles. The van der Waals surface area contributed by atoms with E-state index in [2.05, 4.69) is 0 Å². The minimum Gasteiger partial charge on any atom is -0.488 e. The second-order valence-electron chi connectivity index (χ2n) is 15.2. The van der Waals surface area contributed by atoms with Gasteiger partial charge in [0.2, 0.25) is 0 Å². The Bertz CT molecular complexity index is 1160. The van der Waals surface area contributed by atoms with Gasteiger partial charge in [-0.3, -0.25) is 9.59 Å². The first-order chi connectivity index (χ1) is 21.9. The van der Waals surface area contributed by atoms with Crippen LogP contribution in [0.3, 0.4) is 0 Å². The fourth-order valence-electron chi connectivity index (χ4n) is 8.22. The monoisotopic (exact) mass is 668 g/mol. The Hall–Kier alpha value is -1.60. The largest absolute Gasteiger partial charge is 0.488 e. The maximum atomic E-state index is 14.2. The van der Waals surface area contributed by atoms with E-state index < -0.39 is 77.5 Å². The van der Waals surface area contributed by atoms with Crippen molar-refractivity contribution in [1.82, 2.24) is 0 Å². The van der Waals surface area contributed by atoms with E-state index in [1.54, 1.807) is 27.9 Å². The molecule has 3 fully saturated rings. The Morgan fingerprint density at radius 2 is 1.60 bits per heavy atom. The number of fused-ring (bicyclic) bond motifs is 2. The number of rotatable bonds is 7. The third-order valence-corrected chi connectivity index (χ3v) is 11.1. The van der Waals surface area contributed by atoms with E-state index >= 15 is 0 Å². The highest BCUT2D eigenvalue weighted by molar-refractivity contribution is 5.92. The standard InChI is InChI=1S/C36H60O11/c1-13-26-36(10,41-12)30(38)22(5)28-19(2)16-35(9,47-28)31(46-33-25(37)15-14-20(3)43-33)23(6)29(24(7)32(39)44-26)45-27-18-34(8,40-11)17-21(4)42-27/h20-27,29,31,33,37H,13-18H2,1-12H3/t20-,21+,22+,23+,24-,25-,26-,27+,29+,31-,33+,34+,35-,36-/m1/s1. The molecule has 1 N–H and O–H groups in total. The van der Waals surface area contributed by atoms with Gasteiger partial charge in [0.05, 0.1) is 35.7 Å². The molecule has 11 nitrogen and oxygen atoms in total. The lowest BCUT2D eigenvalue weighted by atomic mass is 9.79. The molecule has 4 rings (SSSR count). The average molecular weight is 669 g/mol. The molecule has 0 unspecified atom stereocenters. The van der Waals surface area contributed by atoms with Crippen LogP contribution in [0.15, 0.2) is 11.3 Å². The van der Waals surface area contributed by atoms with E-state index in [0.717, 1.165) is 5.57 Å². The van der Waals surface area contributed by atoms with Gasteiger partial charge in [0.15, 0.2) is 24.0 Å². The predicted octanol–water partition coefficient (Wildman–Crippen LogP) is 5.24. The van der Waals surface area contributed by atoms with Crippen LogP contribution in [0.25, 0.3) is 0 Å². The maximum Gasteiger partial charge on any atom is 0.311 e. The molecule has 4 heterocycles. The van der Waals surface area contributed by atoms with Gasteiger partial charge < -0.3 is 43.0 Å². The number of cyclic esters (lactones) is 1. The van der Waals surface area contributed by atoms with Crippen molar-refractivity contribution in [2.24, 2.45) is 17.8 Å². The Balaban J connectivity index is 1.83. The molecule has 0 amide bonds. The van der Waals surface area contributed by atoms with Gasteiger partial charge in [-0.1, -0.05) is 13.8 Å². The van der Waals surface area contributed by atoms with Crippen LogP contribution in [0.4, 0.5) is 0 Å². The summed E-state index contributed by atoms with van der Waals surface area (Å²) in [5, 5.41) is 11.0. The number of hydrogen-bond donors (Lipinski definition) is 1. The fourth-order valence-corrected chi connectivity index (χ4v) is 8.22. The maximum absolute atomic E-state index is 14.2. The van der Waals surface area contributed by atoms with E-state index in [9.17, 15) is 14.7 Å². The topological polar surface area (TPSA) is 128 Å². The van der Waals surface area contributed by atoms with Crippen molar-refractivity contribution in [2.45, 2.75) is 174 Å². The zero-order chi connectivity index (χ0) is 35.1. The predicted molar refractivity (Wildman–Crippen MR) is 173 cm³/mol. The van der Waals surface area contributed by atoms with Crippen molar-refractivity contribution in [1.29, 1.82) is 0 Å². The molecule has 4 aliphatic rings. The normalized spacial score (nSPS) is 47.0. The molecule has 2 bridgehead atoms. The molecule has 3 saturated heterocycles. The first kappa shape index (κ1) is 38.2. The highest BCUT2D eigenvalue weighted by Gasteiger charge is 2.55. The number of aliphatic hydroxyl groups is 1.